The Bertz CT molecular complexity index is 1340. The molecular formula is C29H24ClN3O2. The van der Waals surface area contributed by atoms with Gasteiger partial charge in [-0.3, -0.25) is 9.69 Å². The summed E-state index contributed by atoms with van der Waals surface area (Å²) in [5.41, 5.74) is 5.78. The quantitative estimate of drug-likeness (QED) is 0.355. The minimum absolute atomic E-state index is 0.0612. The molecule has 0 saturated carbocycles. The Labute approximate surface area is 209 Å². The van der Waals surface area contributed by atoms with Gasteiger partial charge in [-0.1, -0.05) is 60.1 Å². The number of ether oxygens (including phenoxy) is 1. The maximum absolute atomic E-state index is 13.5. The topological polar surface area (TPSA) is 45.7 Å². The van der Waals surface area contributed by atoms with Crippen LogP contribution in [0.3, 0.4) is 0 Å². The van der Waals surface area contributed by atoms with Crippen LogP contribution in [0.15, 0.2) is 91.1 Å². The monoisotopic (exact) mass is 481 g/mol. The average Bonchev–Trinajstić information content (AvgIpc) is 3.24. The number of hydrogen-bond donors (Lipinski definition) is 0. The number of benzene rings is 3. The summed E-state index contributed by atoms with van der Waals surface area (Å²) in [6.07, 6.45) is 1.63. The number of pyridine rings is 1. The molecule has 1 saturated heterocycles. The van der Waals surface area contributed by atoms with Gasteiger partial charge in [0.2, 0.25) is 5.88 Å². The van der Waals surface area contributed by atoms with Crippen molar-refractivity contribution in [3.8, 4) is 22.8 Å². The molecule has 6 rings (SSSR count). The standard InChI is InChI=1S/C29H24ClN3O2/c30-20-11-13-21(14-12-20)35-28-26(10-5-15-31-28)29(34)33-18-16-32(17-19-33)27-24-8-3-1-6-22(24)23-7-2-4-9-25(23)27/h1-15,27H,16-19H2. The van der Waals surface area contributed by atoms with E-state index in [2.05, 4.69) is 58.4 Å². The van der Waals surface area contributed by atoms with Gasteiger partial charge in [0.25, 0.3) is 5.91 Å². The number of amides is 1. The van der Waals surface area contributed by atoms with E-state index in [0.717, 1.165) is 13.1 Å². The van der Waals surface area contributed by atoms with Crippen LogP contribution in [-0.4, -0.2) is 46.9 Å². The first-order valence-corrected chi connectivity index (χ1v) is 12.2. The van der Waals surface area contributed by atoms with Crippen molar-refractivity contribution in [1.82, 2.24) is 14.8 Å². The van der Waals surface area contributed by atoms with E-state index in [1.807, 2.05) is 4.90 Å². The van der Waals surface area contributed by atoms with Gasteiger partial charge in [-0.05, 0) is 58.7 Å². The smallest absolute Gasteiger partial charge is 0.259 e. The summed E-state index contributed by atoms with van der Waals surface area (Å²) in [5, 5.41) is 0.625. The molecule has 3 aromatic carbocycles. The van der Waals surface area contributed by atoms with Crippen LogP contribution < -0.4 is 4.74 Å². The fraction of sp³-hybridized carbons (Fsp3) is 0.172. The molecule has 1 fully saturated rings. The maximum Gasteiger partial charge on any atom is 0.259 e. The first-order valence-electron chi connectivity index (χ1n) is 11.8. The van der Waals surface area contributed by atoms with E-state index in [1.54, 1.807) is 42.6 Å². The normalized spacial score (nSPS) is 15.5. The Balaban J connectivity index is 1.19. The number of rotatable bonds is 4. The van der Waals surface area contributed by atoms with Crippen molar-refractivity contribution in [2.45, 2.75) is 6.04 Å². The number of halogens is 1. The van der Waals surface area contributed by atoms with Crippen LogP contribution in [0.25, 0.3) is 11.1 Å². The number of carbonyl (C=O) groups excluding carboxylic acids is 1. The number of piperazine rings is 1. The summed E-state index contributed by atoms with van der Waals surface area (Å²) < 4.78 is 5.93. The summed E-state index contributed by atoms with van der Waals surface area (Å²) >= 11 is 5.98. The van der Waals surface area contributed by atoms with Gasteiger partial charge in [0, 0.05) is 37.4 Å². The van der Waals surface area contributed by atoms with Crippen molar-refractivity contribution in [2.24, 2.45) is 0 Å². The molecule has 35 heavy (non-hydrogen) atoms. The third-order valence-electron chi connectivity index (χ3n) is 6.80. The zero-order valence-corrected chi connectivity index (χ0v) is 19.9. The van der Waals surface area contributed by atoms with Crippen molar-refractivity contribution in [3.63, 3.8) is 0 Å². The first-order chi connectivity index (χ1) is 17.2. The molecule has 4 aromatic rings. The van der Waals surface area contributed by atoms with E-state index >= 15 is 0 Å². The third kappa shape index (κ3) is 4.07. The fourth-order valence-corrected chi connectivity index (χ4v) is 5.25. The van der Waals surface area contributed by atoms with Gasteiger partial charge in [0.1, 0.15) is 11.3 Å². The Kier molecular flexibility index (Phi) is 5.72. The molecule has 5 nitrogen and oxygen atoms in total. The molecule has 2 heterocycles. The summed E-state index contributed by atoms with van der Waals surface area (Å²) in [6, 6.07) is 28.1. The van der Waals surface area contributed by atoms with Crippen LogP contribution in [0.2, 0.25) is 5.02 Å². The van der Waals surface area contributed by atoms with Crippen molar-refractivity contribution >= 4 is 17.5 Å². The molecular weight excluding hydrogens is 458 g/mol. The summed E-state index contributed by atoms with van der Waals surface area (Å²) in [4.78, 5) is 22.2. The number of fused-ring (bicyclic) bond motifs is 3. The molecule has 1 aliphatic heterocycles. The van der Waals surface area contributed by atoms with Crippen LogP contribution >= 0.6 is 11.6 Å². The Morgan fingerprint density at radius 2 is 1.43 bits per heavy atom. The lowest BCUT2D eigenvalue weighted by atomic mass is 10.0. The van der Waals surface area contributed by atoms with Gasteiger partial charge in [0.05, 0.1) is 6.04 Å². The second kappa shape index (κ2) is 9.17. The first kappa shape index (κ1) is 21.8. The molecule has 0 radical (unpaired) electrons. The summed E-state index contributed by atoms with van der Waals surface area (Å²) in [7, 11) is 0. The summed E-state index contributed by atoms with van der Waals surface area (Å²) in [6.45, 7) is 2.89. The van der Waals surface area contributed by atoms with Crippen LogP contribution in [0.4, 0.5) is 0 Å². The van der Waals surface area contributed by atoms with Gasteiger partial charge >= 0.3 is 0 Å². The molecule has 0 unspecified atom stereocenters. The molecule has 1 aromatic heterocycles. The van der Waals surface area contributed by atoms with E-state index in [0.29, 0.717) is 35.3 Å². The highest BCUT2D eigenvalue weighted by atomic mass is 35.5. The SMILES string of the molecule is O=C(c1cccnc1Oc1ccc(Cl)cc1)N1CCN(C2c3ccccc3-c3ccccc32)CC1. The predicted octanol–water partition coefficient (Wildman–Crippen LogP) is 6.06. The minimum atomic E-state index is -0.0612. The molecule has 0 atom stereocenters. The number of carbonyl (C=O) groups is 1. The lowest BCUT2D eigenvalue weighted by Gasteiger charge is -2.38. The molecule has 2 aliphatic rings. The van der Waals surface area contributed by atoms with E-state index in [4.69, 9.17) is 16.3 Å². The van der Waals surface area contributed by atoms with Gasteiger partial charge in [0.15, 0.2) is 0 Å². The largest absolute Gasteiger partial charge is 0.438 e. The van der Waals surface area contributed by atoms with Crippen molar-refractivity contribution in [2.75, 3.05) is 26.2 Å². The third-order valence-corrected chi connectivity index (χ3v) is 7.05. The minimum Gasteiger partial charge on any atom is -0.438 e. The van der Waals surface area contributed by atoms with Gasteiger partial charge in [-0.25, -0.2) is 4.98 Å². The van der Waals surface area contributed by atoms with Crippen LogP contribution in [0.1, 0.15) is 27.5 Å². The maximum atomic E-state index is 13.5. The number of hydrogen-bond acceptors (Lipinski definition) is 4. The molecule has 0 bridgehead atoms. The lowest BCUT2D eigenvalue weighted by molar-refractivity contribution is 0.0597. The molecule has 0 N–H and O–H groups in total. The Hall–Kier alpha value is -3.67. The number of aromatic nitrogens is 1. The van der Waals surface area contributed by atoms with E-state index in [1.165, 1.54) is 22.3 Å². The van der Waals surface area contributed by atoms with Crippen LogP contribution in [0, 0.1) is 0 Å². The zero-order chi connectivity index (χ0) is 23.8. The number of nitrogens with zero attached hydrogens (tertiary/aromatic N) is 3. The Morgan fingerprint density at radius 1 is 0.800 bits per heavy atom. The molecule has 0 spiro atoms. The lowest BCUT2D eigenvalue weighted by Crippen LogP contribution is -2.49. The molecule has 174 valence electrons. The van der Waals surface area contributed by atoms with Gasteiger partial charge in [-0.15, -0.1) is 0 Å². The highest BCUT2D eigenvalue weighted by Crippen LogP contribution is 2.46. The highest BCUT2D eigenvalue weighted by molar-refractivity contribution is 6.30. The Morgan fingerprint density at radius 3 is 2.09 bits per heavy atom. The van der Waals surface area contributed by atoms with Gasteiger partial charge in [-0.2, -0.15) is 0 Å². The zero-order valence-electron chi connectivity index (χ0n) is 19.1. The van der Waals surface area contributed by atoms with Crippen molar-refractivity contribution in [1.29, 1.82) is 0 Å². The second-order valence-corrected chi connectivity index (χ2v) is 9.25. The van der Waals surface area contributed by atoms with E-state index in [-0.39, 0.29) is 11.9 Å². The highest BCUT2D eigenvalue weighted by Gasteiger charge is 2.35. The van der Waals surface area contributed by atoms with Crippen LogP contribution in [-0.2, 0) is 0 Å². The summed E-state index contributed by atoms with van der Waals surface area (Å²) in [5.74, 6) is 0.834. The van der Waals surface area contributed by atoms with Gasteiger partial charge < -0.3 is 9.64 Å². The van der Waals surface area contributed by atoms with Crippen molar-refractivity contribution in [3.05, 3.63) is 113 Å². The predicted molar refractivity (Wildman–Crippen MR) is 137 cm³/mol. The second-order valence-electron chi connectivity index (χ2n) is 8.82. The fourth-order valence-electron chi connectivity index (χ4n) is 5.13. The van der Waals surface area contributed by atoms with E-state index < -0.39 is 0 Å². The van der Waals surface area contributed by atoms with E-state index in [9.17, 15) is 4.79 Å². The molecule has 1 aliphatic carbocycles. The molecule has 1 amide bonds. The van der Waals surface area contributed by atoms with Crippen LogP contribution in [0.5, 0.6) is 11.6 Å². The van der Waals surface area contributed by atoms with Crippen molar-refractivity contribution < 1.29 is 9.53 Å². The average molecular weight is 482 g/mol. The molecule has 6 heteroatoms.